The van der Waals surface area contributed by atoms with Gasteiger partial charge in [0.2, 0.25) is 5.91 Å². The molecule has 0 aromatic carbocycles. The molecule has 1 saturated carbocycles. The van der Waals surface area contributed by atoms with E-state index < -0.39 is 5.41 Å². The summed E-state index contributed by atoms with van der Waals surface area (Å²) < 4.78 is 0. The number of amides is 1. The van der Waals surface area contributed by atoms with E-state index >= 15 is 0 Å². The first-order valence-electron chi connectivity index (χ1n) is 6.89. The van der Waals surface area contributed by atoms with Crippen molar-refractivity contribution < 1.29 is 4.79 Å². The van der Waals surface area contributed by atoms with E-state index in [0.717, 1.165) is 32.2 Å². The van der Waals surface area contributed by atoms with Crippen LogP contribution in [0.4, 0.5) is 0 Å². The predicted octanol–water partition coefficient (Wildman–Crippen LogP) is 1.53. The molecule has 18 heavy (non-hydrogen) atoms. The lowest BCUT2D eigenvalue weighted by atomic mass is 9.63. The van der Waals surface area contributed by atoms with Crippen molar-refractivity contribution >= 4 is 5.91 Å². The van der Waals surface area contributed by atoms with Crippen LogP contribution in [-0.2, 0) is 4.79 Å². The van der Waals surface area contributed by atoms with Crippen LogP contribution in [0.5, 0.6) is 0 Å². The van der Waals surface area contributed by atoms with E-state index in [4.69, 9.17) is 0 Å². The Labute approximate surface area is 109 Å². The Morgan fingerprint density at radius 3 is 2.61 bits per heavy atom. The highest BCUT2D eigenvalue weighted by Gasteiger charge is 2.49. The Kier molecular flexibility index (Phi) is 3.63. The fourth-order valence-electron chi connectivity index (χ4n) is 3.20. The van der Waals surface area contributed by atoms with Crippen molar-refractivity contribution in [2.75, 3.05) is 13.6 Å². The molecular weight excluding hydrogens is 226 g/mol. The molecule has 100 valence electrons. The molecule has 4 heteroatoms. The Morgan fingerprint density at radius 1 is 1.44 bits per heavy atom. The van der Waals surface area contributed by atoms with Gasteiger partial charge in [0.25, 0.3) is 0 Å². The van der Waals surface area contributed by atoms with Gasteiger partial charge >= 0.3 is 0 Å². The van der Waals surface area contributed by atoms with Gasteiger partial charge in [-0.2, -0.15) is 5.26 Å². The van der Waals surface area contributed by atoms with Gasteiger partial charge in [-0.1, -0.05) is 6.92 Å². The smallest absolute Gasteiger partial charge is 0.240 e. The summed E-state index contributed by atoms with van der Waals surface area (Å²) in [5.74, 6) is 0.469. The summed E-state index contributed by atoms with van der Waals surface area (Å²) in [6.45, 7) is 5.30. The number of carbonyl (C=O) groups excluding carboxylic acids is 1. The first-order chi connectivity index (χ1) is 8.47. The Bertz CT molecular complexity index is 368. The van der Waals surface area contributed by atoms with E-state index in [1.54, 1.807) is 0 Å². The number of hydrogen-bond donors (Lipinski definition) is 1. The highest BCUT2D eigenvalue weighted by atomic mass is 16.2. The molecule has 0 radical (unpaired) electrons. The Morgan fingerprint density at radius 2 is 2.11 bits per heavy atom. The summed E-state index contributed by atoms with van der Waals surface area (Å²) in [4.78, 5) is 14.5. The lowest BCUT2D eigenvalue weighted by Crippen LogP contribution is -2.54. The van der Waals surface area contributed by atoms with Crippen molar-refractivity contribution in [3.05, 3.63) is 0 Å². The summed E-state index contributed by atoms with van der Waals surface area (Å²) in [7, 11) is 2.12. The molecule has 0 aromatic rings. The van der Waals surface area contributed by atoms with Crippen LogP contribution in [-0.4, -0.2) is 36.5 Å². The van der Waals surface area contributed by atoms with Crippen molar-refractivity contribution in [1.29, 1.82) is 5.26 Å². The number of likely N-dealkylation sites (tertiary alicyclic amines) is 1. The summed E-state index contributed by atoms with van der Waals surface area (Å²) in [5, 5.41) is 12.3. The second-order valence-electron chi connectivity index (χ2n) is 6.23. The molecule has 0 spiro atoms. The van der Waals surface area contributed by atoms with Gasteiger partial charge < -0.3 is 10.2 Å². The minimum Gasteiger partial charge on any atom is -0.352 e. The van der Waals surface area contributed by atoms with Crippen LogP contribution in [0.15, 0.2) is 0 Å². The van der Waals surface area contributed by atoms with Crippen LogP contribution >= 0.6 is 0 Å². The zero-order valence-corrected chi connectivity index (χ0v) is 11.6. The van der Waals surface area contributed by atoms with E-state index in [2.05, 4.69) is 37.2 Å². The van der Waals surface area contributed by atoms with Crippen LogP contribution in [0.2, 0.25) is 0 Å². The average Bonchev–Trinajstić information content (AvgIpc) is 2.29. The molecule has 0 bridgehead atoms. The quantitative estimate of drug-likeness (QED) is 0.807. The summed E-state index contributed by atoms with van der Waals surface area (Å²) in [6, 6.07) is 2.98. The molecule has 1 heterocycles. The molecule has 1 N–H and O–H groups in total. The summed E-state index contributed by atoms with van der Waals surface area (Å²) >= 11 is 0. The monoisotopic (exact) mass is 249 g/mol. The van der Waals surface area contributed by atoms with Gasteiger partial charge in [0.1, 0.15) is 5.41 Å². The molecule has 2 atom stereocenters. The lowest BCUT2D eigenvalue weighted by molar-refractivity contribution is -0.135. The maximum atomic E-state index is 12.2. The zero-order valence-electron chi connectivity index (χ0n) is 11.6. The fraction of sp³-hybridized carbons (Fsp3) is 0.857. The molecule has 1 aliphatic carbocycles. The second kappa shape index (κ2) is 4.89. The van der Waals surface area contributed by atoms with Gasteiger partial charge in [-0.15, -0.1) is 0 Å². The summed E-state index contributed by atoms with van der Waals surface area (Å²) in [6.07, 6.45) is 3.41. The predicted molar refractivity (Wildman–Crippen MR) is 69.7 cm³/mol. The van der Waals surface area contributed by atoms with Gasteiger partial charge in [0.15, 0.2) is 0 Å². The number of nitrogens with zero attached hydrogens (tertiary/aromatic N) is 2. The normalized spacial score (nSPS) is 40.7. The lowest BCUT2D eigenvalue weighted by Gasteiger charge is -2.41. The Hall–Kier alpha value is -1.08. The van der Waals surface area contributed by atoms with Crippen LogP contribution in [0, 0.1) is 22.7 Å². The van der Waals surface area contributed by atoms with Gasteiger partial charge in [-0.25, -0.2) is 0 Å². The van der Waals surface area contributed by atoms with E-state index in [9.17, 15) is 10.1 Å². The number of carbonyl (C=O) groups is 1. The largest absolute Gasteiger partial charge is 0.352 e. The van der Waals surface area contributed by atoms with Crippen LogP contribution in [0.3, 0.4) is 0 Å². The number of nitrogens with one attached hydrogen (secondary N) is 1. The molecular formula is C14H23N3O. The summed E-state index contributed by atoms with van der Waals surface area (Å²) in [5.41, 5.74) is -0.730. The molecule has 2 fully saturated rings. The van der Waals surface area contributed by atoms with Crippen molar-refractivity contribution in [2.45, 2.75) is 51.6 Å². The first kappa shape index (κ1) is 13.4. The number of rotatable bonds is 2. The SMILES string of the molecule is CC1CC(C#N)(C(=O)NC2CCN(C)C(C)C2)C1. The highest BCUT2D eigenvalue weighted by Crippen LogP contribution is 2.45. The molecule has 2 aliphatic rings. The highest BCUT2D eigenvalue weighted by molar-refractivity contribution is 5.86. The maximum absolute atomic E-state index is 12.2. The number of nitriles is 1. The number of hydrogen-bond acceptors (Lipinski definition) is 3. The first-order valence-corrected chi connectivity index (χ1v) is 6.89. The number of piperidine rings is 1. The van der Waals surface area contributed by atoms with Crippen LogP contribution in [0.25, 0.3) is 0 Å². The third-order valence-electron chi connectivity index (χ3n) is 4.59. The molecule has 2 unspecified atom stereocenters. The minimum atomic E-state index is -0.730. The third kappa shape index (κ3) is 2.37. The molecule has 1 aliphatic heterocycles. The maximum Gasteiger partial charge on any atom is 0.240 e. The van der Waals surface area contributed by atoms with Crippen molar-refractivity contribution in [3.63, 3.8) is 0 Å². The van der Waals surface area contributed by atoms with Crippen LogP contribution in [0.1, 0.15) is 39.5 Å². The molecule has 2 rings (SSSR count). The minimum absolute atomic E-state index is 0.0372. The van der Waals surface area contributed by atoms with E-state index in [0.29, 0.717) is 12.0 Å². The van der Waals surface area contributed by atoms with Crippen molar-refractivity contribution in [3.8, 4) is 6.07 Å². The van der Waals surface area contributed by atoms with E-state index in [-0.39, 0.29) is 11.9 Å². The fourth-order valence-corrected chi connectivity index (χ4v) is 3.20. The van der Waals surface area contributed by atoms with Gasteiger partial charge in [0, 0.05) is 18.6 Å². The third-order valence-corrected chi connectivity index (χ3v) is 4.59. The van der Waals surface area contributed by atoms with Crippen molar-refractivity contribution in [1.82, 2.24) is 10.2 Å². The average molecular weight is 249 g/mol. The van der Waals surface area contributed by atoms with E-state index in [1.807, 2.05) is 0 Å². The molecule has 1 saturated heterocycles. The van der Waals surface area contributed by atoms with Crippen LogP contribution < -0.4 is 5.32 Å². The van der Waals surface area contributed by atoms with Crippen molar-refractivity contribution in [2.24, 2.45) is 11.3 Å². The zero-order chi connectivity index (χ0) is 13.3. The standard InChI is InChI=1S/C14H23N3O/c1-10-7-14(8-10,9-15)13(18)16-12-4-5-17(3)11(2)6-12/h10-12H,4-8H2,1-3H3,(H,16,18). The van der Waals surface area contributed by atoms with Gasteiger partial charge in [-0.05, 0) is 45.6 Å². The topological polar surface area (TPSA) is 56.1 Å². The molecule has 1 amide bonds. The Balaban J connectivity index is 1.90. The van der Waals surface area contributed by atoms with E-state index in [1.165, 1.54) is 0 Å². The second-order valence-corrected chi connectivity index (χ2v) is 6.23. The molecule has 0 aromatic heterocycles. The molecule has 4 nitrogen and oxygen atoms in total. The van der Waals surface area contributed by atoms with Gasteiger partial charge in [-0.3, -0.25) is 4.79 Å². The van der Waals surface area contributed by atoms with Gasteiger partial charge in [0.05, 0.1) is 6.07 Å².